The molecule has 0 saturated carbocycles. The summed E-state index contributed by atoms with van der Waals surface area (Å²) in [5.41, 5.74) is 5.70. The molecular formula is C9H17NO2S. The SMILES string of the molecule is CCOC(=O)[C@@H](N)C[C@H]1CCCS1. The van der Waals surface area contributed by atoms with Gasteiger partial charge < -0.3 is 10.5 Å². The topological polar surface area (TPSA) is 52.3 Å². The highest BCUT2D eigenvalue weighted by atomic mass is 32.2. The number of hydrogen-bond acceptors (Lipinski definition) is 4. The lowest BCUT2D eigenvalue weighted by atomic mass is 10.1. The van der Waals surface area contributed by atoms with E-state index in [0.29, 0.717) is 11.9 Å². The Morgan fingerprint density at radius 3 is 3.08 bits per heavy atom. The van der Waals surface area contributed by atoms with Gasteiger partial charge in [-0.1, -0.05) is 0 Å². The van der Waals surface area contributed by atoms with Crippen molar-refractivity contribution >= 4 is 17.7 Å². The first-order chi connectivity index (χ1) is 6.24. The molecule has 1 aliphatic heterocycles. The number of nitrogens with two attached hydrogens (primary N) is 1. The van der Waals surface area contributed by atoms with Crippen molar-refractivity contribution in [3.8, 4) is 0 Å². The zero-order valence-electron chi connectivity index (χ0n) is 7.99. The van der Waals surface area contributed by atoms with E-state index in [1.807, 2.05) is 11.8 Å². The zero-order chi connectivity index (χ0) is 9.68. The van der Waals surface area contributed by atoms with Crippen LogP contribution in [0.15, 0.2) is 0 Å². The molecule has 1 rings (SSSR count). The van der Waals surface area contributed by atoms with E-state index in [1.165, 1.54) is 18.6 Å². The normalized spacial score (nSPS) is 24.3. The molecule has 2 N–H and O–H groups in total. The monoisotopic (exact) mass is 203 g/mol. The summed E-state index contributed by atoms with van der Waals surface area (Å²) < 4.78 is 4.84. The highest BCUT2D eigenvalue weighted by Gasteiger charge is 2.23. The van der Waals surface area contributed by atoms with Crippen LogP contribution >= 0.6 is 11.8 Å². The number of carbonyl (C=O) groups excluding carboxylic acids is 1. The summed E-state index contributed by atoms with van der Waals surface area (Å²) in [5.74, 6) is 0.954. The molecule has 1 aliphatic rings. The summed E-state index contributed by atoms with van der Waals surface area (Å²) in [6.07, 6.45) is 3.21. The van der Waals surface area contributed by atoms with Crippen molar-refractivity contribution in [1.29, 1.82) is 0 Å². The van der Waals surface area contributed by atoms with Crippen molar-refractivity contribution in [1.82, 2.24) is 0 Å². The van der Waals surface area contributed by atoms with E-state index in [4.69, 9.17) is 10.5 Å². The van der Waals surface area contributed by atoms with Crippen LogP contribution in [0.25, 0.3) is 0 Å². The highest BCUT2D eigenvalue weighted by molar-refractivity contribution is 8.00. The minimum atomic E-state index is -0.421. The second-order valence-corrected chi connectivity index (χ2v) is 4.64. The van der Waals surface area contributed by atoms with E-state index < -0.39 is 6.04 Å². The Morgan fingerprint density at radius 1 is 1.77 bits per heavy atom. The van der Waals surface area contributed by atoms with Gasteiger partial charge in [0.2, 0.25) is 0 Å². The molecular weight excluding hydrogens is 186 g/mol. The number of hydrogen-bond donors (Lipinski definition) is 1. The molecule has 0 aromatic rings. The quantitative estimate of drug-likeness (QED) is 0.697. The predicted molar refractivity (Wildman–Crippen MR) is 54.7 cm³/mol. The third kappa shape index (κ3) is 3.56. The first kappa shape index (κ1) is 10.9. The number of carbonyl (C=O) groups is 1. The van der Waals surface area contributed by atoms with Crippen LogP contribution in [0.5, 0.6) is 0 Å². The Balaban J connectivity index is 2.22. The van der Waals surface area contributed by atoms with Crippen molar-refractivity contribution in [2.24, 2.45) is 5.73 Å². The Labute approximate surface area is 83.4 Å². The van der Waals surface area contributed by atoms with Crippen molar-refractivity contribution in [3.05, 3.63) is 0 Å². The second-order valence-electron chi connectivity index (χ2n) is 3.23. The Hall–Kier alpha value is -0.220. The molecule has 0 amide bonds. The van der Waals surface area contributed by atoms with Gasteiger partial charge in [0.1, 0.15) is 6.04 Å². The molecule has 13 heavy (non-hydrogen) atoms. The van der Waals surface area contributed by atoms with Crippen LogP contribution in [0.4, 0.5) is 0 Å². The van der Waals surface area contributed by atoms with Gasteiger partial charge in [0.25, 0.3) is 0 Å². The molecule has 1 heterocycles. The third-order valence-corrected chi connectivity index (χ3v) is 3.55. The third-order valence-electron chi connectivity index (χ3n) is 2.13. The summed E-state index contributed by atoms with van der Waals surface area (Å²) >= 11 is 1.92. The van der Waals surface area contributed by atoms with E-state index >= 15 is 0 Å². The van der Waals surface area contributed by atoms with Gasteiger partial charge in [-0.25, -0.2) is 0 Å². The maximum Gasteiger partial charge on any atom is 0.322 e. The van der Waals surface area contributed by atoms with E-state index in [1.54, 1.807) is 6.92 Å². The molecule has 0 aromatic carbocycles. The Bertz CT molecular complexity index is 169. The molecule has 4 heteroatoms. The van der Waals surface area contributed by atoms with E-state index in [2.05, 4.69) is 0 Å². The van der Waals surface area contributed by atoms with Gasteiger partial charge in [0.05, 0.1) is 6.61 Å². The Kier molecular flexibility index (Phi) is 4.59. The summed E-state index contributed by atoms with van der Waals surface area (Å²) in [7, 11) is 0. The molecule has 0 radical (unpaired) electrons. The van der Waals surface area contributed by atoms with Crippen LogP contribution in [-0.4, -0.2) is 29.6 Å². The average molecular weight is 203 g/mol. The first-order valence-corrected chi connectivity index (χ1v) is 5.82. The summed E-state index contributed by atoms with van der Waals surface area (Å²) in [6.45, 7) is 2.22. The van der Waals surface area contributed by atoms with Gasteiger partial charge in [-0.3, -0.25) is 4.79 Å². The molecule has 0 unspecified atom stereocenters. The van der Waals surface area contributed by atoms with Crippen molar-refractivity contribution in [2.75, 3.05) is 12.4 Å². The van der Waals surface area contributed by atoms with Crippen LogP contribution in [0.2, 0.25) is 0 Å². The minimum Gasteiger partial charge on any atom is -0.465 e. The lowest BCUT2D eigenvalue weighted by Gasteiger charge is -2.14. The molecule has 0 aliphatic carbocycles. The average Bonchev–Trinajstić information content (AvgIpc) is 2.57. The van der Waals surface area contributed by atoms with Crippen LogP contribution in [0, 0.1) is 0 Å². The fourth-order valence-electron chi connectivity index (χ4n) is 1.46. The maximum atomic E-state index is 11.2. The van der Waals surface area contributed by atoms with Gasteiger partial charge >= 0.3 is 5.97 Å². The standard InChI is InChI=1S/C9H17NO2S/c1-2-12-9(11)8(10)6-7-4-3-5-13-7/h7-8H,2-6,10H2,1H3/t7-,8+/m1/s1. The van der Waals surface area contributed by atoms with Crippen molar-refractivity contribution in [2.45, 2.75) is 37.5 Å². The largest absolute Gasteiger partial charge is 0.465 e. The lowest BCUT2D eigenvalue weighted by Crippen LogP contribution is -2.34. The van der Waals surface area contributed by atoms with Crippen LogP contribution in [0.1, 0.15) is 26.2 Å². The van der Waals surface area contributed by atoms with Gasteiger partial charge in [-0.05, 0) is 31.9 Å². The molecule has 0 bridgehead atoms. The zero-order valence-corrected chi connectivity index (χ0v) is 8.81. The van der Waals surface area contributed by atoms with Crippen LogP contribution in [-0.2, 0) is 9.53 Å². The van der Waals surface area contributed by atoms with E-state index in [0.717, 1.165) is 6.42 Å². The second kappa shape index (κ2) is 5.50. The molecule has 0 aromatic heterocycles. The van der Waals surface area contributed by atoms with E-state index in [9.17, 15) is 4.79 Å². The molecule has 2 atom stereocenters. The van der Waals surface area contributed by atoms with Gasteiger partial charge in [-0.15, -0.1) is 0 Å². The van der Waals surface area contributed by atoms with Crippen LogP contribution in [0.3, 0.4) is 0 Å². The first-order valence-electron chi connectivity index (χ1n) is 4.78. The molecule has 76 valence electrons. The fourth-order valence-corrected chi connectivity index (χ4v) is 2.80. The van der Waals surface area contributed by atoms with Gasteiger partial charge in [0.15, 0.2) is 0 Å². The fraction of sp³-hybridized carbons (Fsp3) is 0.889. The number of ether oxygens (including phenoxy) is 1. The number of esters is 1. The lowest BCUT2D eigenvalue weighted by molar-refractivity contribution is -0.144. The summed E-state index contributed by atoms with van der Waals surface area (Å²) in [4.78, 5) is 11.2. The van der Waals surface area contributed by atoms with Crippen molar-refractivity contribution in [3.63, 3.8) is 0 Å². The molecule has 1 fully saturated rings. The maximum absolute atomic E-state index is 11.2. The van der Waals surface area contributed by atoms with Crippen LogP contribution < -0.4 is 5.73 Å². The van der Waals surface area contributed by atoms with Gasteiger partial charge in [0, 0.05) is 5.25 Å². The molecule has 0 spiro atoms. The predicted octanol–water partition coefficient (Wildman–Crippen LogP) is 1.16. The van der Waals surface area contributed by atoms with Gasteiger partial charge in [-0.2, -0.15) is 11.8 Å². The number of thioether (sulfide) groups is 1. The molecule has 1 saturated heterocycles. The molecule has 3 nitrogen and oxygen atoms in total. The minimum absolute atomic E-state index is 0.255. The summed E-state index contributed by atoms with van der Waals surface area (Å²) in [5, 5.41) is 0.569. The summed E-state index contributed by atoms with van der Waals surface area (Å²) in [6, 6.07) is -0.421. The Morgan fingerprint density at radius 2 is 2.54 bits per heavy atom. The highest BCUT2D eigenvalue weighted by Crippen LogP contribution is 2.29. The number of rotatable bonds is 4. The van der Waals surface area contributed by atoms with Crippen molar-refractivity contribution < 1.29 is 9.53 Å². The smallest absolute Gasteiger partial charge is 0.322 e. The van der Waals surface area contributed by atoms with E-state index in [-0.39, 0.29) is 5.97 Å².